The highest BCUT2D eigenvalue weighted by Gasteiger charge is 2.39. The van der Waals surface area contributed by atoms with Crippen LogP contribution in [-0.2, 0) is 9.59 Å². The normalized spacial score (nSPS) is 19.2. The van der Waals surface area contributed by atoms with E-state index < -0.39 is 23.5 Å². The highest BCUT2D eigenvalue weighted by molar-refractivity contribution is 6.46. The average molecular weight is 327 g/mol. The lowest BCUT2D eigenvalue weighted by molar-refractivity contribution is -0.133. The molecular weight excluding hydrogens is 313 g/mol. The molecule has 122 valence electrons. The number of aliphatic hydroxyl groups excluding tert-OH is 1. The molecule has 24 heavy (non-hydrogen) atoms. The van der Waals surface area contributed by atoms with Gasteiger partial charge in [-0.05, 0) is 42.0 Å². The monoisotopic (exact) mass is 327 g/mol. The van der Waals surface area contributed by atoms with Crippen LogP contribution in [0.4, 0.5) is 4.39 Å². The molecule has 1 fully saturated rings. The highest BCUT2D eigenvalue weighted by Crippen LogP contribution is 2.33. The van der Waals surface area contributed by atoms with Gasteiger partial charge in [0.15, 0.2) is 0 Å². The molecule has 1 amide bonds. The standard InChI is InChI=1S/C18H14FNO4/c1-24-13-7-5-10(6-8-13)16(21)14-15(20-18(23)17(14)22)11-3-2-4-12(19)9-11/h2-9,15,21H,1H3,(H,20,23)/t15-/m1/s1. The third-order valence-electron chi connectivity index (χ3n) is 3.82. The summed E-state index contributed by atoms with van der Waals surface area (Å²) in [7, 11) is 1.51. The van der Waals surface area contributed by atoms with Crippen LogP contribution in [0.15, 0.2) is 54.1 Å². The van der Waals surface area contributed by atoms with Gasteiger partial charge in [-0.2, -0.15) is 0 Å². The number of benzene rings is 2. The molecule has 6 heteroatoms. The number of Topliss-reactive ketones (excluding diaryl/α,β-unsaturated/α-hetero) is 1. The Morgan fingerprint density at radius 3 is 2.50 bits per heavy atom. The van der Waals surface area contributed by atoms with E-state index in [4.69, 9.17) is 4.74 Å². The van der Waals surface area contributed by atoms with Crippen LogP contribution in [-0.4, -0.2) is 23.9 Å². The molecule has 0 saturated carbocycles. The SMILES string of the molecule is COc1ccc(C(O)=C2C(=O)C(=O)N[C@@H]2c2cccc(F)c2)cc1. The summed E-state index contributed by atoms with van der Waals surface area (Å²) < 4.78 is 18.5. The summed E-state index contributed by atoms with van der Waals surface area (Å²) in [4.78, 5) is 23.9. The largest absolute Gasteiger partial charge is 0.507 e. The first-order chi connectivity index (χ1) is 11.5. The van der Waals surface area contributed by atoms with Gasteiger partial charge in [0.1, 0.15) is 17.3 Å². The number of methoxy groups -OCH3 is 1. The number of aliphatic hydroxyl groups is 1. The fraction of sp³-hybridized carbons (Fsp3) is 0.111. The van der Waals surface area contributed by atoms with Gasteiger partial charge in [0, 0.05) is 5.56 Å². The molecule has 1 aliphatic rings. The van der Waals surface area contributed by atoms with Crippen LogP contribution in [0.5, 0.6) is 5.75 Å². The number of ether oxygens (including phenoxy) is 1. The summed E-state index contributed by atoms with van der Waals surface area (Å²) in [6.07, 6.45) is 0. The van der Waals surface area contributed by atoms with E-state index in [2.05, 4.69) is 5.32 Å². The van der Waals surface area contributed by atoms with Crippen LogP contribution >= 0.6 is 0 Å². The van der Waals surface area contributed by atoms with Crippen molar-refractivity contribution in [1.29, 1.82) is 0 Å². The Morgan fingerprint density at radius 1 is 1.17 bits per heavy atom. The molecule has 2 aromatic carbocycles. The molecule has 1 saturated heterocycles. The number of carbonyl (C=O) groups is 2. The number of ketones is 1. The number of carbonyl (C=O) groups excluding carboxylic acids is 2. The summed E-state index contributed by atoms with van der Waals surface area (Å²) in [6, 6.07) is 11.0. The van der Waals surface area contributed by atoms with Gasteiger partial charge >= 0.3 is 0 Å². The minimum Gasteiger partial charge on any atom is -0.507 e. The van der Waals surface area contributed by atoms with Crippen molar-refractivity contribution in [3.63, 3.8) is 0 Å². The second-order valence-electron chi connectivity index (χ2n) is 5.28. The molecule has 5 nitrogen and oxygen atoms in total. The Bertz CT molecular complexity index is 842. The van der Waals surface area contributed by atoms with Crippen molar-refractivity contribution >= 4 is 17.4 Å². The van der Waals surface area contributed by atoms with Crippen LogP contribution < -0.4 is 10.1 Å². The Kier molecular flexibility index (Phi) is 4.04. The molecular formula is C18H14FNO4. The zero-order valence-electron chi connectivity index (χ0n) is 12.7. The van der Waals surface area contributed by atoms with Crippen molar-refractivity contribution in [3.05, 3.63) is 71.0 Å². The number of rotatable bonds is 3. The molecule has 1 atom stereocenters. The summed E-state index contributed by atoms with van der Waals surface area (Å²) >= 11 is 0. The van der Waals surface area contributed by atoms with Gasteiger partial charge in [0.05, 0.1) is 18.7 Å². The van der Waals surface area contributed by atoms with E-state index in [0.29, 0.717) is 16.9 Å². The van der Waals surface area contributed by atoms with E-state index >= 15 is 0 Å². The van der Waals surface area contributed by atoms with Crippen molar-refractivity contribution in [1.82, 2.24) is 5.32 Å². The molecule has 1 heterocycles. The number of amides is 1. The molecule has 0 bridgehead atoms. The molecule has 0 aromatic heterocycles. The number of nitrogens with one attached hydrogen (secondary N) is 1. The molecule has 2 aromatic rings. The van der Waals surface area contributed by atoms with Crippen LogP contribution in [0, 0.1) is 5.82 Å². The first kappa shape index (κ1) is 15.7. The fourth-order valence-corrected chi connectivity index (χ4v) is 2.61. The van der Waals surface area contributed by atoms with Crippen molar-refractivity contribution < 1.29 is 23.8 Å². The molecule has 3 rings (SSSR count). The second-order valence-corrected chi connectivity index (χ2v) is 5.28. The predicted molar refractivity (Wildman–Crippen MR) is 84.8 cm³/mol. The minimum atomic E-state index is -0.900. The van der Waals surface area contributed by atoms with E-state index in [1.54, 1.807) is 30.3 Å². The van der Waals surface area contributed by atoms with E-state index in [1.165, 1.54) is 25.3 Å². The summed E-state index contributed by atoms with van der Waals surface area (Å²) in [5.41, 5.74) is 0.636. The second kappa shape index (κ2) is 6.16. The molecule has 2 N–H and O–H groups in total. The predicted octanol–water partition coefficient (Wildman–Crippen LogP) is 2.54. The Labute approximate surface area is 137 Å². The van der Waals surface area contributed by atoms with Gasteiger partial charge < -0.3 is 15.2 Å². The third-order valence-corrected chi connectivity index (χ3v) is 3.82. The maximum absolute atomic E-state index is 13.5. The third kappa shape index (κ3) is 2.74. The smallest absolute Gasteiger partial charge is 0.293 e. The number of hydrogen-bond donors (Lipinski definition) is 2. The summed E-state index contributed by atoms with van der Waals surface area (Å²) in [6.45, 7) is 0. The maximum atomic E-state index is 13.5. The minimum absolute atomic E-state index is 0.101. The quantitative estimate of drug-likeness (QED) is 0.516. The molecule has 1 aliphatic heterocycles. The van der Waals surface area contributed by atoms with E-state index in [-0.39, 0.29) is 11.3 Å². The zero-order valence-corrected chi connectivity index (χ0v) is 12.7. The lowest BCUT2D eigenvalue weighted by Gasteiger charge is -2.14. The van der Waals surface area contributed by atoms with E-state index in [1.807, 2.05) is 0 Å². The van der Waals surface area contributed by atoms with E-state index in [0.717, 1.165) is 0 Å². The Hall–Kier alpha value is -3.15. The lowest BCUT2D eigenvalue weighted by Crippen LogP contribution is -2.21. The number of hydrogen-bond acceptors (Lipinski definition) is 4. The van der Waals surface area contributed by atoms with Crippen molar-refractivity contribution in [2.75, 3.05) is 7.11 Å². The summed E-state index contributed by atoms with van der Waals surface area (Å²) in [5, 5.41) is 13.0. The van der Waals surface area contributed by atoms with Crippen LogP contribution in [0.2, 0.25) is 0 Å². The van der Waals surface area contributed by atoms with Gasteiger partial charge in [-0.25, -0.2) is 4.39 Å². The Morgan fingerprint density at radius 2 is 1.88 bits per heavy atom. The highest BCUT2D eigenvalue weighted by atomic mass is 19.1. The zero-order chi connectivity index (χ0) is 17.3. The first-order valence-electron chi connectivity index (χ1n) is 7.19. The Balaban J connectivity index is 2.09. The van der Waals surface area contributed by atoms with Crippen molar-refractivity contribution in [2.45, 2.75) is 6.04 Å². The van der Waals surface area contributed by atoms with Gasteiger partial charge in [0.2, 0.25) is 0 Å². The maximum Gasteiger partial charge on any atom is 0.293 e. The van der Waals surface area contributed by atoms with Gasteiger partial charge in [-0.1, -0.05) is 12.1 Å². The van der Waals surface area contributed by atoms with Gasteiger partial charge in [0.25, 0.3) is 11.7 Å². The first-order valence-corrected chi connectivity index (χ1v) is 7.19. The lowest BCUT2D eigenvalue weighted by atomic mass is 9.96. The van der Waals surface area contributed by atoms with Crippen LogP contribution in [0.3, 0.4) is 0 Å². The molecule has 0 spiro atoms. The van der Waals surface area contributed by atoms with Crippen molar-refractivity contribution in [2.24, 2.45) is 0 Å². The fourth-order valence-electron chi connectivity index (χ4n) is 2.61. The van der Waals surface area contributed by atoms with Gasteiger partial charge in [-0.3, -0.25) is 9.59 Å². The van der Waals surface area contributed by atoms with Crippen molar-refractivity contribution in [3.8, 4) is 5.75 Å². The topological polar surface area (TPSA) is 75.6 Å². The number of halogens is 1. The average Bonchev–Trinajstić information content (AvgIpc) is 2.89. The molecule has 0 radical (unpaired) electrons. The molecule has 0 aliphatic carbocycles. The van der Waals surface area contributed by atoms with Gasteiger partial charge in [-0.15, -0.1) is 0 Å². The molecule has 0 unspecified atom stereocenters. The van der Waals surface area contributed by atoms with Crippen LogP contribution in [0.25, 0.3) is 5.76 Å². The van der Waals surface area contributed by atoms with E-state index in [9.17, 15) is 19.1 Å². The van der Waals surface area contributed by atoms with Crippen LogP contribution in [0.1, 0.15) is 17.2 Å². The summed E-state index contributed by atoms with van der Waals surface area (Å²) in [5.74, 6) is -1.90.